The van der Waals surface area contributed by atoms with Crippen molar-refractivity contribution in [3.8, 4) is 11.5 Å². The molecule has 1 amide bonds. The number of aromatic nitrogens is 2. The molecule has 4 aromatic rings. The number of hydrogen-bond donors (Lipinski definition) is 1. The van der Waals surface area contributed by atoms with Crippen LogP contribution in [0.1, 0.15) is 18.2 Å². The summed E-state index contributed by atoms with van der Waals surface area (Å²) in [6.45, 7) is 1.01. The minimum atomic E-state index is -0.733. The standard InChI is InChI=1S/C27H27N3O4/c1-33-23-11-7-8-20(15-23)29-16-19(14-26(29)32)27-28-24-12-5-6-13-25(24)30(27)17-21(31)18-34-22-9-3-2-4-10-22/h2-13,15,19,21,31H,14,16-18H2,1H3/t19-,21+/m0/s1. The zero-order valence-corrected chi connectivity index (χ0v) is 19.0. The van der Waals surface area contributed by atoms with E-state index < -0.39 is 6.10 Å². The molecule has 0 radical (unpaired) electrons. The number of ether oxygens (including phenoxy) is 2. The normalized spacial score (nSPS) is 16.7. The molecular formula is C27H27N3O4. The Balaban J connectivity index is 1.39. The molecule has 0 saturated carbocycles. The molecular weight excluding hydrogens is 430 g/mol. The number of aliphatic hydroxyl groups is 1. The molecule has 7 nitrogen and oxygen atoms in total. The van der Waals surface area contributed by atoms with Crippen LogP contribution in [-0.4, -0.2) is 46.9 Å². The van der Waals surface area contributed by atoms with E-state index in [-0.39, 0.29) is 18.4 Å². The second kappa shape index (κ2) is 9.57. The van der Waals surface area contributed by atoms with Crippen LogP contribution in [0.3, 0.4) is 0 Å². The van der Waals surface area contributed by atoms with Crippen molar-refractivity contribution >= 4 is 22.6 Å². The van der Waals surface area contributed by atoms with E-state index in [9.17, 15) is 9.90 Å². The lowest BCUT2D eigenvalue weighted by Gasteiger charge is -2.19. The van der Waals surface area contributed by atoms with Crippen molar-refractivity contribution in [2.45, 2.75) is 25.0 Å². The van der Waals surface area contributed by atoms with Crippen molar-refractivity contribution < 1.29 is 19.4 Å². The van der Waals surface area contributed by atoms with Gasteiger partial charge in [-0.05, 0) is 36.4 Å². The number of benzene rings is 3. The summed E-state index contributed by atoms with van der Waals surface area (Å²) in [4.78, 5) is 19.6. The lowest BCUT2D eigenvalue weighted by Crippen LogP contribution is -2.26. The zero-order valence-electron chi connectivity index (χ0n) is 19.0. The van der Waals surface area contributed by atoms with E-state index in [1.54, 1.807) is 12.0 Å². The number of carbonyl (C=O) groups excluding carboxylic acids is 1. The van der Waals surface area contributed by atoms with Crippen molar-refractivity contribution in [3.63, 3.8) is 0 Å². The number of hydrogen-bond acceptors (Lipinski definition) is 5. The lowest BCUT2D eigenvalue weighted by molar-refractivity contribution is -0.117. The summed E-state index contributed by atoms with van der Waals surface area (Å²) >= 11 is 0. The van der Waals surface area contributed by atoms with Gasteiger partial charge in [-0.2, -0.15) is 0 Å². The molecule has 34 heavy (non-hydrogen) atoms. The quantitative estimate of drug-likeness (QED) is 0.433. The van der Waals surface area contributed by atoms with Gasteiger partial charge >= 0.3 is 0 Å². The average molecular weight is 458 g/mol. The second-order valence-corrected chi connectivity index (χ2v) is 8.45. The van der Waals surface area contributed by atoms with E-state index in [1.165, 1.54) is 0 Å². The number of amides is 1. The Bertz CT molecular complexity index is 1290. The molecule has 2 atom stereocenters. The van der Waals surface area contributed by atoms with Gasteiger partial charge in [0, 0.05) is 30.6 Å². The van der Waals surface area contributed by atoms with Gasteiger partial charge in [0.1, 0.15) is 30.0 Å². The fourth-order valence-corrected chi connectivity index (χ4v) is 4.48. The van der Waals surface area contributed by atoms with E-state index >= 15 is 0 Å². The monoisotopic (exact) mass is 457 g/mol. The number of nitrogens with zero attached hydrogens (tertiary/aromatic N) is 3. The first-order valence-corrected chi connectivity index (χ1v) is 11.4. The lowest BCUT2D eigenvalue weighted by atomic mass is 10.1. The summed E-state index contributed by atoms with van der Waals surface area (Å²) < 4.78 is 13.1. The van der Waals surface area contributed by atoms with Gasteiger partial charge in [0.15, 0.2) is 0 Å². The van der Waals surface area contributed by atoms with Gasteiger partial charge < -0.3 is 24.0 Å². The third kappa shape index (κ3) is 4.47. The molecule has 2 heterocycles. The van der Waals surface area contributed by atoms with Gasteiger partial charge in [-0.3, -0.25) is 4.79 Å². The van der Waals surface area contributed by atoms with Crippen LogP contribution in [0, 0.1) is 0 Å². The minimum Gasteiger partial charge on any atom is -0.497 e. The van der Waals surface area contributed by atoms with Gasteiger partial charge in [0.05, 0.1) is 24.7 Å². The van der Waals surface area contributed by atoms with Gasteiger partial charge in [0.2, 0.25) is 5.91 Å². The highest BCUT2D eigenvalue weighted by atomic mass is 16.5. The molecule has 0 unspecified atom stereocenters. The van der Waals surface area contributed by atoms with E-state index in [1.807, 2.05) is 83.4 Å². The molecule has 1 N–H and O–H groups in total. The molecule has 5 rings (SSSR count). The van der Waals surface area contributed by atoms with E-state index in [2.05, 4.69) is 0 Å². The van der Waals surface area contributed by atoms with Gasteiger partial charge in [0.25, 0.3) is 0 Å². The number of carbonyl (C=O) groups is 1. The molecule has 7 heteroatoms. The first-order valence-electron chi connectivity index (χ1n) is 11.4. The molecule has 1 aliphatic rings. The molecule has 1 aromatic heterocycles. The highest BCUT2D eigenvalue weighted by Gasteiger charge is 2.35. The Hall–Kier alpha value is -3.84. The third-order valence-corrected chi connectivity index (χ3v) is 6.12. The molecule has 1 saturated heterocycles. The van der Waals surface area contributed by atoms with Crippen LogP contribution in [0.4, 0.5) is 5.69 Å². The number of aliphatic hydroxyl groups excluding tert-OH is 1. The van der Waals surface area contributed by atoms with Crippen LogP contribution in [0.15, 0.2) is 78.9 Å². The summed E-state index contributed by atoms with van der Waals surface area (Å²) in [5, 5.41) is 10.8. The number of fused-ring (bicyclic) bond motifs is 1. The van der Waals surface area contributed by atoms with E-state index in [4.69, 9.17) is 14.5 Å². The van der Waals surface area contributed by atoms with E-state index in [0.717, 1.165) is 22.5 Å². The Morgan fingerprint density at radius 1 is 1.03 bits per heavy atom. The molecule has 1 fully saturated rings. The number of methoxy groups -OCH3 is 1. The van der Waals surface area contributed by atoms with Crippen molar-refractivity contribution in [3.05, 3.63) is 84.7 Å². The Morgan fingerprint density at radius 2 is 1.79 bits per heavy atom. The first kappa shape index (κ1) is 22.0. The molecule has 0 bridgehead atoms. The van der Waals surface area contributed by atoms with Gasteiger partial charge in [-0.15, -0.1) is 0 Å². The number of para-hydroxylation sites is 3. The predicted octanol–water partition coefficient (Wildman–Crippen LogP) is 4.01. The summed E-state index contributed by atoms with van der Waals surface area (Å²) in [6.07, 6.45) is -0.375. The third-order valence-electron chi connectivity index (χ3n) is 6.12. The highest BCUT2D eigenvalue weighted by molar-refractivity contribution is 5.96. The van der Waals surface area contributed by atoms with Gasteiger partial charge in [-0.1, -0.05) is 36.4 Å². The molecule has 3 aromatic carbocycles. The maximum absolute atomic E-state index is 12.9. The maximum Gasteiger partial charge on any atom is 0.227 e. The molecule has 0 spiro atoms. The largest absolute Gasteiger partial charge is 0.497 e. The van der Waals surface area contributed by atoms with Crippen LogP contribution in [0.25, 0.3) is 11.0 Å². The van der Waals surface area contributed by atoms with Crippen molar-refractivity contribution in [1.82, 2.24) is 9.55 Å². The Morgan fingerprint density at radius 3 is 2.62 bits per heavy atom. The van der Waals surface area contributed by atoms with Crippen LogP contribution < -0.4 is 14.4 Å². The SMILES string of the molecule is COc1cccc(N2C[C@@H](c3nc4ccccc4n3C[C@@H](O)COc3ccccc3)CC2=O)c1. The van der Waals surface area contributed by atoms with Gasteiger partial charge in [-0.25, -0.2) is 4.98 Å². The fraction of sp³-hybridized carbons (Fsp3) is 0.259. The van der Waals surface area contributed by atoms with Crippen LogP contribution in [-0.2, 0) is 11.3 Å². The van der Waals surface area contributed by atoms with Crippen LogP contribution in [0.2, 0.25) is 0 Å². The van der Waals surface area contributed by atoms with Crippen molar-refractivity contribution in [1.29, 1.82) is 0 Å². The van der Waals surface area contributed by atoms with Crippen molar-refractivity contribution in [2.75, 3.05) is 25.2 Å². The number of imidazole rings is 1. The smallest absolute Gasteiger partial charge is 0.227 e. The fourth-order valence-electron chi connectivity index (χ4n) is 4.48. The maximum atomic E-state index is 12.9. The van der Waals surface area contributed by atoms with Crippen molar-refractivity contribution in [2.24, 2.45) is 0 Å². The number of anilines is 1. The summed E-state index contributed by atoms with van der Waals surface area (Å²) in [5.41, 5.74) is 2.59. The molecule has 174 valence electrons. The van der Waals surface area contributed by atoms with E-state index in [0.29, 0.717) is 31.0 Å². The topological polar surface area (TPSA) is 76.8 Å². The molecule has 1 aliphatic heterocycles. The number of rotatable bonds is 8. The Kier molecular flexibility index (Phi) is 6.18. The Labute approximate surface area is 198 Å². The summed E-state index contributed by atoms with van der Waals surface area (Å²) in [6, 6.07) is 24.8. The van der Waals surface area contributed by atoms with Crippen LogP contribution in [0.5, 0.6) is 11.5 Å². The van der Waals surface area contributed by atoms with Crippen LogP contribution >= 0.6 is 0 Å². The average Bonchev–Trinajstić information content (AvgIpc) is 3.44. The highest BCUT2D eigenvalue weighted by Crippen LogP contribution is 2.34. The zero-order chi connectivity index (χ0) is 23.5. The summed E-state index contributed by atoms with van der Waals surface area (Å²) in [7, 11) is 1.61. The second-order valence-electron chi connectivity index (χ2n) is 8.45. The minimum absolute atomic E-state index is 0.0461. The molecule has 0 aliphatic carbocycles. The predicted molar refractivity (Wildman–Crippen MR) is 130 cm³/mol. The summed E-state index contributed by atoms with van der Waals surface area (Å²) in [5.74, 6) is 2.19. The first-order chi connectivity index (χ1) is 16.6.